The van der Waals surface area contributed by atoms with Crippen LogP contribution in [0.5, 0.6) is 0 Å². The van der Waals surface area contributed by atoms with Crippen LogP contribution in [0.1, 0.15) is 23.4 Å². The highest BCUT2D eigenvalue weighted by atomic mass is 79.9. The van der Waals surface area contributed by atoms with Crippen molar-refractivity contribution < 1.29 is 0 Å². The maximum Gasteiger partial charge on any atom is 0.0467 e. The number of hydrogen-bond acceptors (Lipinski definition) is 2. The zero-order valence-electron chi connectivity index (χ0n) is 12.0. The molecule has 3 heteroatoms. The first-order chi connectivity index (χ1) is 10.3. The van der Waals surface area contributed by atoms with Crippen LogP contribution in [-0.4, -0.2) is 6.54 Å². The molecular weight excluding hydrogens is 342 g/mol. The molecule has 0 spiro atoms. The molecule has 21 heavy (non-hydrogen) atoms. The second kappa shape index (κ2) is 6.73. The van der Waals surface area contributed by atoms with Gasteiger partial charge in [0.1, 0.15) is 0 Å². The van der Waals surface area contributed by atoms with E-state index in [1.54, 1.807) is 0 Å². The Morgan fingerprint density at radius 2 is 1.90 bits per heavy atom. The normalized spacial score (nSPS) is 12.7. The number of halogens is 1. The van der Waals surface area contributed by atoms with Gasteiger partial charge in [-0.2, -0.15) is 0 Å². The molecule has 3 aromatic rings. The third kappa shape index (κ3) is 3.37. The summed E-state index contributed by atoms with van der Waals surface area (Å²) in [6.07, 6.45) is 1.01. The largest absolute Gasteiger partial charge is 0.309 e. The minimum Gasteiger partial charge on any atom is -0.309 e. The molecule has 108 valence electrons. The lowest BCUT2D eigenvalue weighted by molar-refractivity contribution is 0.557. The number of nitrogens with one attached hydrogen (secondary N) is 1. The molecule has 1 N–H and O–H groups in total. The van der Waals surface area contributed by atoms with Crippen LogP contribution >= 0.6 is 27.3 Å². The summed E-state index contributed by atoms with van der Waals surface area (Å²) in [5, 5.41) is 8.37. The van der Waals surface area contributed by atoms with Crippen molar-refractivity contribution in [1.29, 1.82) is 0 Å². The fraction of sp³-hybridized carbons (Fsp3) is 0.222. The number of fused-ring (bicyclic) bond motifs is 1. The van der Waals surface area contributed by atoms with Gasteiger partial charge < -0.3 is 5.32 Å². The van der Waals surface area contributed by atoms with E-state index in [0.717, 1.165) is 13.0 Å². The van der Waals surface area contributed by atoms with E-state index in [-0.39, 0.29) is 0 Å². The van der Waals surface area contributed by atoms with E-state index in [1.807, 2.05) is 11.3 Å². The molecule has 0 bridgehead atoms. The predicted octanol–water partition coefficient (Wildman–Crippen LogP) is 5.56. The molecule has 1 aromatic heterocycles. The first kappa shape index (κ1) is 14.8. The molecule has 3 rings (SSSR count). The minimum atomic E-state index is 0.366. The molecule has 2 aromatic carbocycles. The van der Waals surface area contributed by atoms with Gasteiger partial charge in [-0.05, 0) is 56.7 Å². The van der Waals surface area contributed by atoms with Crippen LogP contribution in [0, 0.1) is 0 Å². The van der Waals surface area contributed by atoms with E-state index >= 15 is 0 Å². The highest BCUT2D eigenvalue weighted by Crippen LogP contribution is 2.31. The molecule has 0 amide bonds. The van der Waals surface area contributed by atoms with Crippen LogP contribution in [0.2, 0.25) is 0 Å². The molecule has 0 saturated carbocycles. The topological polar surface area (TPSA) is 12.0 Å². The Morgan fingerprint density at radius 3 is 2.62 bits per heavy atom. The fourth-order valence-corrected chi connectivity index (χ4v) is 4.39. The highest BCUT2D eigenvalue weighted by molar-refractivity contribution is 9.10. The minimum absolute atomic E-state index is 0.366. The smallest absolute Gasteiger partial charge is 0.0467 e. The van der Waals surface area contributed by atoms with E-state index in [2.05, 4.69) is 82.1 Å². The quantitative estimate of drug-likeness (QED) is 0.628. The zero-order valence-corrected chi connectivity index (χ0v) is 14.4. The molecule has 0 fully saturated rings. The zero-order chi connectivity index (χ0) is 14.7. The van der Waals surface area contributed by atoms with Gasteiger partial charge in [0.15, 0.2) is 0 Å². The number of benzene rings is 2. The van der Waals surface area contributed by atoms with Crippen LogP contribution in [0.3, 0.4) is 0 Å². The second-order valence-electron chi connectivity index (χ2n) is 5.13. The summed E-state index contributed by atoms with van der Waals surface area (Å²) < 4.78 is 1.21. The molecule has 0 aliphatic rings. The van der Waals surface area contributed by atoms with Crippen LogP contribution in [0.4, 0.5) is 0 Å². The van der Waals surface area contributed by atoms with E-state index in [1.165, 1.54) is 25.7 Å². The second-order valence-corrected chi connectivity index (χ2v) is 6.93. The molecule has 1 heterocycles. The lowest BCUT2D eigenvalue weighted by Crippen LogP contribution is -2.22. The van der Waals surface area contributed by atoms with Gasteiger partial charge in [-0.25, -0.2) is 0 Å². The van der Waals surface area contributed by atoms with Gasteiger partial charge in [0.25, 0.3) is 0 Å². The van der Waals surface area contributed by atoms with Crippen molar-refractivity contribution in [3.8, 4) is 0 Å². The van der Waals surface area contributed by atoms with Crippen LogP contribution in [0.15, 0.2) is 58.4 Å². The molecule has 1 unspecified atom stereocenters. The van der Waals surface area contributed by atoms with Crippen LogP contribution in [0.25, 0.3) is 10.8 Å². The van der Waals surface area contributed by atoms with Gasteiger partial charge in [0.05, 0.1) is 0 Å². The summed E-state index contributed by atoms with van der Waals surface area (Å²) in [5.74, 6) is 0. The van der Waals surface area contributed by atoms with Crippen molar-refractivity contribution in [2.75, 3.05) is 6.54 Å². The van der Waals surface area contributed by atoms with E-state index in [0.29, 0.717) is 6.04 Å². The van der Waals surface area contributed by atoms with Gasteiger partial charge in [0.2, 0.25) is 0 Å². The first-order valence-corrected chi connectivity index (χ1v) is 8.89. The van der Waals surface area contributed by atoms with E-state index in [9.17, 15) is 0 Å². The van der Waals surface area contributed by atoms with Gasteiger partial charge in [-0.3, -0.25) is 0 Å². The third-order valence-corrected chi connectivity index (χ3v) is 5.65. The first-order valence-electron chi connectivity index (χ1n) is 7.22. The Kier molecular flexibility index (Phi) is 4.73. The molecule has 0 radical (unpaired) electrons. The number of hydrogen-bond donors (Lipinski definition) is 1. The summed E-state index contributed by atoms with van der Waals surface area (Å²) in [4.78, 5) is 1.38. The van der Waals surface area contributed by atoms with Crippen molar-refractivity contribution in [2.24, 2.45) is 0 Å². The average Bonchev–Trinajstić information content (AvgIpc) is 2.93. The standard InChI is InChI=1S/C18H18BrNS/c1-2-20-17(18-16(19)9-10-21-18)12-13-7-8-14-5-3-4-6-15(14)11-13/h3-11,17,20H,2,12H2,1H3. The van der Waals surface area contributed by atoms with Gasteiger partial charge in [-0.15, -0.1) is 11.3 Å². The van der Waals surface area contributed by atoms with Gasteiger partial charge in [0, 0.05) is 15.4 Å². The number of likely N-dealkylation sites (N-methyl/N-ethyl adjacent to an activating group) is 1. The summed E-state index contributed by atoms with van der Waals surface area (Å²) in [6, 6.07) is 17.8. The maximum atomic E-state index is 3.66. The van der Waals surface area contributed by atoms with Crippen molar-refractivity contribution >= 4 is 38.0 Å². The summed E-state index contributed by atoms with van der Waals surface area (Å²) in [7, 11) is 0. The Balaban J connectivity index is 1.89. The average molecular weight is 360 g/mol. The monoisotopic (exact) mass is 359 g/mol. The Morgan fingerprint density at radius 1 is 1.10 bits per heavy atom. The summed E-state index contributed by atoms with van der Waals surface area (Å²) in [5.41, 5.74) is 1.37. The molecule has 0 saturated heterocycles. The van der Waals surface area contributed by atoms with Crippen molar-refractivity contribution in [2.45, 2.75) is 19.4 Å². The van der Waals surface area contributed by atoms with Crippen LogP contribution < -0.4 is 5.32 Å². The van der Waals surface area contributed by atoms with E-state index in [4.69, 9.17) is 0 Å². The van der Waals surface area contributed by atoms with Gasteiger partial charge >= 0.3 is 0 Å². The molecule has 1 nitrogen and oxygen atoms in total. The number of rotatable bonds is 5. The van der Waals surface area contributed by atoms with Crippen molar-refractivity contribution in [3.63, 3.8) is 0 Å². The molecule has 0 aliphatic heterocycles. The lowest BCUT2D eigenvalue weighted by Gasteiger charge is -2.17. The molecule has 0 aliphatic carbocycles. The fourth-order valence-electron chi connectivity index (χ4n) is 2.66. The molecular formula is C18H18BrNS. The van der Waals surface area contributed by atoms with Crippen molar-refractivity contribution in [1.82, 2.24) is 5.32 Å². The summed E-state index contributed by atoms with van der Waals surface area (Å²) >= 11 is 5.47. The van der Waals surface area contributed by atoms with Crippen molar-refractivity contribution in [3.05, 3.63) is 68.8 Å². The summed E-state index contributed by atoms with van der Waals surface area (Å²) in [6.45, 7) is 3.14. The molecule has 1 atom stereocenters. The van der Waals surface area contributed by atoms with E-state index < -0.39 is 0 Å². The van der Waals surface area contributed by atoms with Crippen LogP contribution in [-0.2, 0) is 6.42 Å². The number of thiophene rings is 1. The predicted molar refractivity (Wildman–Crippen MR) is 96.1 cm³/mol. The lowest BCUT2D eigenvalue weighted by atomic mass is 10.0. The third-order valence-electron chi connectivity index (χ3n) is 3.67. The Labute approximate surface area is 138 Å². The van der Waals surface area contributed by atoms with Gasteiger partial charge in [-0.1, -0.05) is 49.4 Å². The Hall–Kier alpha value is -1.16. The SMILES string of the molecule is CCNC(Cc1ccc2ccccc2c1)c1sccc1Br. The Bertz CT molecular complexity index is 735. The maximum absolute atomic E-state index is 3.66. The highest BCUT2D eigenvalue weighted by Gasteiger charge is 2.15.